The summed E-state index contributed by atoms with van der Waals surface area (Å²) < 4.78 is 0. The van der Waals surface area contributed by atoms with Crippen LogP contribution in [0.4, 0.5) is 0 Å². The van der Waals surface area contributed by atoms with Crippen molar-refractivity contribution in [3.63, 3.8) is 0 Å². The zero-order valence-corrected chi connectivity index (χ0v) is 9.98. The zero-order valence-electron chi connectivity index (χ0n) is 9.98. The first-order chi connectivity index (χ1) is 7.72. The second-order valence-corrected chi connectivity index (χ2v) is 4.21. The number of allylic oxidation sites excluding steroid dienone is 2. The maximum atomic E-state index is 11.0. The Bertz CT molecular complexity index is 292. The van der Waals surface area contributed by atoms with Crippen LogP contribution in [-0.2, 0) is 9.59 Å². The Morgan fingerprint density at radius 2 is 1.75 bits per heavy atom. The number of carbonyl (C=O) groups is 2. The van der Waals surface area contributed by atoms with Gasteiger partial charge in [-0.1, -0.05) is 26.2 Å². The van der Waals surface area contributed by atoms with Crippen molar-refractivity contribution >= 4 is 12.6 Å². The maximum absolute atomic E-state index is 11.0. The number of aldehydes is 2. The molecule has 0 N–H and O–H groups in total. The van der Waals surface area contributed by atoms with Crippen LogP contribution in [0.3, 0.4) is 0 Å². The van der Waals surface area contributed by atoms with E-state index in [0.29, 0.717) is 11.1 Å². The molecule has 1 rings (SSSR count). The van der Waals surface area contributed by atoms with Crippen molar-refractivity contribution in [1.29, 1.82) is 0 Å². The van der Waals surface area contributed by atoms with Gasteiger partial charge < -0.3 is 4.90 Å². The smallest absolute Gasteiger partial charge is 0.148 e. The first-order valence-corrected chi connectivity index (χ1v) is 5.78. The van der Waals surface area contributed by atoms with E-state index in [4.69, 9.17) is 0 Å². The van der Waals surface area contributed by atoms with Gasteiger partial charge in [0, 0.05) is 36.5 Å². The predicted octanol–water partition coefficient (Wildman–Crippen LogP) is 2.29. The second-order valence-electron chi connectivity index (χ2n) is 4.21. The molecule has 0 radical (unpaired) electrons. The van der Waals surface area contributed by atoms with Crippen LogP contribution in [0.5, 0.6) is 0 Å². The Hall–Kier alpha value is -1.38. The summed E-state index contributed by atoms with van der Waals surface area (Å²) in [5, 5.41) is 0. The van der Waals surface area contributed by atoms with Crippen molar-refractivity contribution in [3.8, 4) is 0 Å². The van der Waals surface area contributed by atoms with Gasteiger partial charge in [-0.3, -0.25) is 9.59 Å². The highest BCUT2D eigenvalue weighted by Crippen LogP contribution is 2.28. The van der Waals surface area contributed by atoms with Gasteiger partial charge >= 0.3 is 0 Å². The van der Waals surface area contributed by atoms with Gasteiger partial charge in [0.25, 0.3) is 0 Å². The molecule has 0 unspecified atom stereocenters. The predicted molar refractivity (Wildman–Crippen MR) is 63.7 cm³/mol. The molecule has 88 valence electrons. The van der Waals surface area contributed by atoms with Gasteiger partial charge in [-0.15, -0.1) is 0 Å². The molecule has 0 aromatic heterocycles. The van der Waals surface area contributed by atoms with E-state index in [9.17, 15) is 9.59 Å². The normalized spacial score (nSPS) is 16.8. The molecule has 3 heteroatoms. The Labute approximate surface area is 96.8 Å². The highest BCUT2D eigenvalue weighted by atomic mass is 16.1. The van der Waals surface area contributed by atoms with Crippen molar-refractivity contribution in [2.75, 3.05) is 7.05 Å². The topological polar surface area (TPSA) is 37.4 Å². The molecular formula is C13H19NO2. The zero-order chi connectivity index (χ0) is 12.0. The lowest BCUT2D eigenvalue weighted by Crippen LogP contribution is -2.20. The third-order valence-electron chi connectivity index (χ3n) is 2.88. The van der Waals surface area contributed by atoms with Crippen LogP contribution in [0.15, 0.2) is 23.5 Å². The van der Waals surface area contributed by atoms with E-state index < -0.39 is 0 Å². The van der Waals surface area contributed by atoms with Crippen molar-refractivity contribution in [1.82, 2.24) is 4.90 Å². The molecule has 0 fully saturated rings. The highest BCUT2D eigenvalue weighted by molar-refractivity contribution is 5.83. The molecule has 0 saturated heterocycles. The van der Waals surface area contributed by atoms with E-state index in [2.05, 4.69) is 6.92 Å². The number of unbranched alkanes of at least 4 members (excludes halogenated alkanes) is 2. The van der Waals surface area contributed by atoms with E-state index in [0.717, 1.165) is 38.3 Å². The van der Waals surface area contributed by atoms with Gasteiger partial charge in [-0.25, -0.2) is 0 Å². The number of nitrogens with zero attached hydrogens (tertiary/aromatic N) is 1. The van der Waals surface area contributed by atoms with Crippen LogP contribution >= 0.6 is 0 Å². The van der Waals surface area contributed by atoms with Crippen LogP contribution in [-0.4, -0.2) is 24.5 Å². The van der Waals surface area contributed by atoms with Crippen LogP contribution in [0, 0.1) is 5.92 Å². The average Bonchev–Trinajstić information content (AvgIpc) is 2.30. The molecule has 0 saturated carbocycles. The molecule has 0 aromatic carbocycles. The number of hydrogen-bond acceptors (Lipinski definition) is 3. The molecule has 1 heterocycles. The maximum Gasteiger partial charge on any atom is 0.148 e. The van der Waals surface area contributed by atoms with Crippen molar-refractivity contribution in [3.05, 3.63) is 23.5 Å². The first-order valence-electron chi connectivity index (χ1n) is 5.78. The minimum absolute atomic E-state index is 0.00208. The fraction of sp³-hybridized carbons (Fsp3) is 0.538. The largest absolute Gasteiger partial charge is 0.356 e. The standard InChI is InChI=1S/C13H19NO2/c1-3-4-5-6-13-11(9-15)7-14(2)8-12(13)10-16/h7-10,13H,3-6H2,1-2H3. The highest BCUT2D eigenvalue weighted by Gasteiger charge is 2.22. The summed E-state index contributed by atoms with van der Waals surface area (Å²) in [6.45, 7) is 2.14. The third kappa shape index (κ3) is 3.05. The summed E-state index contributed by atoms with van der Waals surface area (Å²) >= 11 is 0. The molecule has 3 nitrogen and oxygen atoms in total. The summed E-state index contributed by atoms with van der Waals surface area (Å²) in [6, 6.07) is 0. The SMILES string of the molecule is CCCCCC1C(C=O)=CN(C)C=C1C=O. The Balaban J connectivity index is 2.75. The van der Waals surface area contributed by atoms with E-state index in [1.54, 1.807) is 17.3 Å². The minimum atomic E-state index is -0.00208. The summed E-state index contributed by atoms with van der Waals surface area (Å²) in [4.78, 5) is 23.7. The molecular weight excluding hydrogens is 202 g/mol. The van der Waals surface area contributed by atoms with Crippen molar-refractivity contribution in [2.45, 2.75) is 32.6 Å². The Morgan fingerprint density at radius 3 is 2.19 bits per heavy atom. The van der Waals surface area contributed by atoms with Crippen molar-refractivity contribution < 1.29 is 9.59 Å². The fourth-order valence-electron chi connectivity index (χ4n) is 2.04. The lowest BCUT2D eigenvalue weighted by atomic mass is 9.86. The quantitative estimate of drug-likeness (QED) is 0.510. The summed E-state index contributed by atoms with van der Waals surface area (Å²) in [7, 11) is 1.83. The van der Waals surface area contributed by atoms with Crippen LogP contribution in [0.2, 0.25) is 0 Å². The van der Waals surface area contributed by atoms with E-state index >= 15 is 0 Å². The molecule has 0 atom stereocenters. The van der Waals surface area contributed by atoms with Crippen LogP contribution in [0.25, 0.3) is 0 Å². The fourth-order valence-corrected chi connectivity index (χ4v) is 2.04. The van der Waals surface area contributed by atoms with E-state index in [1.807, 2.05) is 7.05 Å². The van der Waals surface area contributed by atoms with Crippen LogP contribution < -0.4 is 0 Å². The molecule has 0 bridgehead atoms. The van der Waals surface area contributed by atoms with Gasteiger partial charge in [0.1, 0.15) is 12.6 Å². The van der Waals surface area contributed by atoms with Gasteiger partial charge in [0.05, 0.1) is 0 Å². The van der Waals surface area contributed by atoms with Crippen molar-refractivity contribution in [2.24, 2.45) is 5.92 Å². The van der Waals surface area contributed by atoms with E-state index in [-0.39, 0.29) is 5.92 Å². The molecule has 0 aliphatic carbocycles. The van der Waals surface area contributed by atoms with Gasteiger partial charge in [0.2, 0.25) is 0 Å². The lowest BCUT2D eigenvalue weighted by molar-refractivity contribution is -0.105. The molecule has 1 aliphatic heterocycles. The average molecular weight is 221 g/mol. The molecule has 1 aliphatic rings. The molecule has 16 heavy (non-hydrogen) atoms. The second kappa shape index (κ2) is 6.26. The molecule has 0 aromatic rings. The minimum Gasteiger partial charge on any atom is -0.356 e. The number of rotatable bonds is 6. The summed E-state index contributed by atoms with van der Waals surface area (Å²) in [5.74, 6) is -0.00208. The summed E-state index contributed by atoms with van der Waals surface area (Å²) in [6.07, 6.45) is 9.57. The van der Waals surface area contributed by atoms with Gasteiger partial charge in [0.15, 0.2) is 0 Å². The third-order valence-corrected chi connectivity index (χ3v) is 2.88. The molecule has 0 amide bonds. The summed E-state index contributed by atoms with van der Waals surface area (Å²) in [5.41, 5.74) is 1.42. The monoisotopic (exact) mass is 221 g/mol. The Morgan fingerprint density at radius 1 is 1.19 bits per heavy atom. The molecule has 0 spiro atoms. The number of hydrogen-bond donors (Lipinski definition) is 0. The lowest BCUT2D eigenvalue weighted by Gasteiger charge is -2.25. The van der Waals surface area contributed by atoms with Crippen LogP contribution in [0.1, 0.15) is 32.6 Å². The Kier molecular flexibility index (Phi) is 4.96. The number of carbonyl (C=O) groups excluding carboxylic acids is 2. The van der Waals surface area contributed by atoms with Gasteiger partial charge in [-0.05, 0) is 6.42 Å². The van der Waals surface area contributed by atoms with E-state index in [1.165, 1.54) is 0 Å². The first kappa shape index (κ1) is 12.7. The van der Waals surface area contributed by atoms with Gasteiger partial charge in [-0.2, -0.15) is 0 Å².